The van der Waals surface area contributed by atoms with Gasteiger partial charge in [-0.3, -0.25) is 14.2 Å². The minimum Gasteiger partial charge on any atom is -0.345 e. The number of hydrogen-bond donors (Lipinski definition) is 1. The molecule has 4 aromatic rings. The summed E-state index contributed by atoms with van der Waals surface area (Å²) in [4.78, 5) is 26.6. The van der Waals surface area contributed by atoms with Crippen molar-refractivity contribution in [1.82, 2.24) is 9.88 Å². The van der Waals surface area contributed by atoms with Crippen LogP contribution >= 0.6 is 22.9 Å². The number of nitrogens with zero attached hydrogens (tertiary/aromatic N) is 2. The summed E-state index contributed by atoms with van der Waals surface area (Å²) in [6.07, 6.45) is 1.68. The van der Waals surface area contributed by atoms with Gasteiger partial charge in [0.05, 0.1) is 16.3 Å². The van der Waals surface area contributed by atoms with Crippen LogP contribution in [0.15, 0.2) is 89.7 Å². The molecular weight excluding hydrogens is 466 g/mol. The first kappa shape index (κ1) is 23.2. The van der Waals surface area contributed by atoms with Gasteiger partial charge in [-0.15, -0.1) is 11.3 Å². The van der Waals surface area contributed by atoms with Crippen molar-refractivity contribution in [3.8, 4) is 11.8 Å². The maximum atomic E-state index is 13.4. The van der Waals surface area contributed by atoms with Gasteiger partial charge in [-0.1, -0.05) is 78.3 Å². The van der Waals surface area contributed by atoms with Crippen LogP contribution in [0, 0.1) is 11.3 Å². The number of rotatable bonds is 5. The second-order valence-corrected chi connectivity index (χ2v) is 8.94. The van der Waals surface area contributed by atoms with E-state index < -0.39 is 5.91 Å². The van der Waals surface area contributed by atoms with E-state index in [0.717, 1.165) is 16.9 Å². The molecule has 0 aliphatic carbocycles. The Morgan fingerprint density at radius 3 is 2.29 bits per heavy atom. The molecule has 1 aromatic heterocycles. The van der Waals surface area contributed by atoms with Crippen LogP contribution in [0.1, 0.15) is 24.1 Å². The molecule has 0 saturated heterocycles. The predicted octanol–water partition coefficient (Wildman–Crippen LogP) is 3.93. The first-order chi connectivity index (χ1) is 16.5. The van der Waals surface area contributed by atoms with Gasteiger partial charge in [0.15, 0.2) is 5.57 Å². The lowest BCUT2D eigenvalue weighted by Crippen LogP contribution is -2.34. The van der Waals surface area contributed by atoms with Gasteiger partial charge in [0.1, 0.15) is 10.7 Å². The summed E-state index contributed by atoms with van der Waals surface area (Å²) in [5.41, 5.74) is 1.69. The molecule has 7 heteroatoms. The number of amides is 1. The van der Waals surface area contributed by atoms with Crippen LogP contribution in [0.25, 0.3) is 17.3 Å². The zero-order valence-corrected chi connectivity index (χ0v) is 19.8. The Bertz CT molecular complexity index is 1550. The van der Waals surface area contributed by atoms with Gasteiger partial charge in [-0.2, -0.15) is 5.26 Å². The smallest absolute Gasteiger partial charge is 0.273 e. The van der Waals surface area contributed by atoms with E-state index in [0.29, 0.717) is 20.8 Å². The van der Waals surface area contributed by atoms with Crippen molar-refractivity contribution in [2.24, 2.45) is 0 Å². The Morgan fingerprint density at radius 1 is 1.03 bits per heavy atom. The number of carbonyl (C=O) groups excluding carboxylic acids is 1. The fourth-order valence-electron chi connectivity index (χ4n) is 3.48. The van der Waals surface area contributed by atoms with Crippen molar-refractivity contribution in [1.29, 1.82) is 5.26 Å². The van der Waals surface area contributed by atoms with Gasteiger partial charge in [-0.25, -0.2) is 0 Å². The second-order valence-electron chi connectivity index (χ2n) is 7.51. The van der Waals surface area contributed by atoms with E-state index in [1.807, 2.05) is 61.5 Å². The molecule has 0 aliphatic heterocycles. The Hall–Kier alpha value is -3.92. The van der Waals surface area contributed by atoms with Crippen molar-refractivity contribution in [2.45, 2.75) is 13.0 Å². The molecule has 0 saturated carbocycles. The normalized spacial score (nSPS) is 13.1. The SMILES string of the molecule is C[C@@H](NC(=O)/C(C#N)=c1/s/c(=C/c2ccccc2Cl)c(=O)n1-c1ccccc1)c1ccccc1. The first-order valence-electron chi connectivity index (χ1n) is 10.5. The van der Waals surface area contributed by atoms with Gasteiger partial charge in [0.2, 0.25) is 0 Å². The maximum Gasteiger partial charge on any atom is 0.273 e. The lowest BCUT2D eigenvalue weighted by molar-refractivity contribution is -0.116. The van der Waals surface area contributed by atoms with Crippen molar-refractivity contribution in [3.05, 3.63) is 121 Å². The standard InChI is InChI=1S/C27H20ClN3O2S/c1-18(19-10-4-2-5-11-19)30-25(32)22(17-29)27-31(21-13-6-3-7-14-21)26(33)24(34-27)16-20-12-8-9-15-23(20)28/h2-16,18H,1H3,(H,30,32)/b24-16+,27-22+/t18-/m1/s1. The van der Waals surface area contributed by atoms with Gasteiger partial charge < -0.3 is 5.32 Å². The molecule has 1 amide bonds. The zero-order chi connectivity index (χ0) is 24.1. The highest BCUT2D eigenvalue weighted by Gasteiger charge is 2.19. The van der Waals surface area contributed by atoms with E-state index in [-0.39, 0.29) is 21.8 Å². The number of thiazole rings is 1. The fraction of sp³-hybridized carbons (Fsp3) is 0.0741. The minimum absolute atomic E-state index is 0.132. The summed E-state index contributed by atoms with van der Waals surface area (Å²) in [6, 6.07) is 27.3. The molecule has 0 fully saturated rings. The number of nitrogens with one attached hydrogen (secondary N) is 1. The Morgan fingerprint density at radius 2 is 1.65 bits per heavy atom. The molecule has 34 heavy (non-hydrogen) atoms. The monoisotopic (exact) mass is 485 g/mol. The fourth-order valence-corrected chi connectivity index (χ4v) is 4.77. The average Bonchev–Trinajstić information content (AvgIpc) is 3.17. The highest BCUT2D eigenvalue weighted by Crippen LogP contribution is 2.15. The molecule has 4 rings (SSSR count). The lowest BCUT2D eigenvalue weighted by Gasteiger charge is -2.13. The third-order valence-electron chi connectivity index (χ3n) is 5.23. The van der Waals surface area contributed by atoms with E-state index in [4.69, 9.17) is 11.6 Å². The van der Waals surface area contributed by atoms with Crippen LogP contribution in [-0.2, 0) is 4.79 Å². The van der Waals surface area contributed by atoms with Crippen LogP contribution in [0.2, 0.25) is 5.02 Å². The Kier molecular flexibility index (Phi) is 7.07. The third kappa shape index (κ3) is 4.86. The summed E-state index contributed by atoms with van der Waals surface area (Å²) in [5.74, 6) is -0.547. The van der Waals surface area contributed by atoms with Crippen LogP contribution < -0.4 is 20.1 Å². The third-order valence-corrected chi connectivity index (χ3v) is 6.67. The molecule has 3 aromatic carbocycles. The van der Waals surface area contributed by atoms with E-state index in [2.05, 4.69) is 5.32 Å². The highest BCUT2D eigenvalue weighted by molar-refractivity contribution is 7.07. The number of hydrogen-bond acceptors (Lipinski definition) is 4. The molecular formula is C27H20ClN3O2S. The molecule has 0 unspecified atom stereocenters. The summed E-state index contributed by atoms with van der Waals surface area (Å²) in [7, 11) is 0. The Labute approximate surface area is 205 Å². The minimum atomic E-state index is -0.547. The van der Waals surface area contributed by atoms with E-state index >= 15 is 0 Å². The van der Waals surface area contributed by atoms with E-state index in [9.17, 15) is 14.9 Å². The summed E-state index contributed by atoms with van der Waals surface area (Å²) >= 11 is 7.37. The van der Waals surface area contributed by atoms with Gasteiger partial charge in [0.25, 0.3) is 11.5 Å². The molecule has 168 valence electrons. The first-order valence-corrected chi connectivity index (χ1v) is 11.7. The van der Waals surface area contributed by atoms with Gasteiger partial charge >= 0.3 is 0 Å². The number of carbonyl (C=O) groups is 1. The van der Waals surface area contributed by atoms with Crippen LogP contribution in [0.5, 0.6) is 0 Å². The lowest BCUT2D eigenvalue weighted by atomic mass is 10.1. The molecule has 0 bridgehead atoms. The summed E-state index contributed by atoms with van der Waals surface area (Å²) in [5, 5.41) is 13.3. The molecule has 0 radical (unpaired) electrons. The van der Waals surface area contributed by atoms with Crippen molar-refractivity contribution in [2.75, 3.05) is 0 Å². The van der Waals surface area contributed by atoms with Crippen LogP contribution in [-0.4, -0.2) is 10.5 Å². The Balaban J connectivity index is 1.91. The number of halogens is 1. The zero-order valence-electron chi connectivity index (χ0n) is 18.2. The number of aromatic nitrogens is 1. The van der Waals surface area contributed by atoms with Gasteiger partial charge in [-0.05, 0) is 42.3 Å². The molecule has 5 nitrogen and oxygen atoms in total. The van der Waals surface area contributed by atoms with Gasteiger partial charge in [0, 0.05) is 5.02 Å². The second kappa shape index (κ2) is 10.3. The largest absolute Gasteiger partial charge is 0.345 e. The molecule has 1 N–H and O–H groups in total. The topological polar surface area (TPSA) is 74.9 Å². The molecule has 1 heterocycles. The molecule has 0 spiro atoms. The number of nitriles is 1. The predicted molar refractivity (Wildman–Crippen MR) is 136 cm³/mol. The average molecular weight is 486 g/mol. The van der Waals surface area contributed by atoms with E-state index in [1.165, 1.54) is 4.57 Å². The quantitative estimate of drug-likeness (QED) is 0.465. The summed E-state index contributed by atoms with van der Waals surface area (Å²) in [6.45, 7) is 1.84. The van der Waals surface area contributed by atoms with Crippen molar-refractivity contribution >= 4 is 40.5 Å². The van der Waals surface area contributed by atoms with Crippen molar-refractivity contribution < 1.29 is 4.79 Å². The molecule has 0 aliphatic rings. The van der Waals surface area contributed by atoms with E-state index in [1.54, 1.807) is 42.5 Å². The summed E-state index contributed by atoms with van der Waals surface area (Å²) < 4.78 is 2.02. The van der Waals surface area contributed by atoms with Crippen LogP contribution in [0.4, 0.5) is 0 Å². The number of para-hydroxylation sites is 1. The van der Waals surface area contributed by atoms with Crippen LogP contribution in [0.3, 0.4) is 0 Å². The van der Waals surface area contributed by atoms with Crippen molar-refractivity contribution in [3.63, 3.8) is 0 Å². The highest BCUT2D eigenvalue weighted by atomic mass is 35.5. The maximum absolute atomic E-state index is 13.4. The molecule has 1 atom stereocenters. The number of benzene rings is 3.